The van der Waals surface area contributed by atoms with Crippen LogP contribution in [0.1, 0.15) is 10.5 Å². The zero-order chi connectivity index (χ0) is 19.7. The summed E-state index contributed by atoms with van der Waals surface area (Å²) in [6, 6.07) is 14.5. The molecule has 2 aromatic heterocycles. The first-order chi connectivity index (χ1) is 13.5. The quantitative estimate of drug-likeness (QED) is 0.387. The summed E-state index contributed by atoms with van der Waals surface area (Å²) in [7, 11) is 1.93. The van der Waals surface area contributed by atoms with Gasteiger partial charge in [-0.25, -0.2) is 4.98 Å². The Bertz CT molecular complexity index is 1190. The number of halogens is 2. The summed E-state index contributed by atoms with van der Waals surface area (Å²) in [6.45, 7) is 0. The molecule has 0 fully saturated rings. The molecule has 0 radical (unpaired) electrons. The van der Waals surface area contributed by atoms with Gasteiger partial charge < -0.3 is 14.6 Å². The van der Waals surface area contributed by atoms with E-state index in [2.05, 4.69) is 31.2 Å². The number of aryl methyl sites for hydroxylation is 1. The molecule has 0 spiro atoms. The number of aldehydes is 1. The summed E-state index contributed by atoms with van der Waals surface area (Å²) >= 11 is 9.54. The number of fused-ring (bicyclic) bond motifs is 1. The number of ether oxygens (including phenoxy) is 1. The van der Waals surface area contributed by atoms with Crippen molar-refractivity contribution in [2.45, 2.75) is 0 Å². The van der Waals surface area contributed by atoms with Crippen molar-refractivity contribution in [2.75, 3.05) is 5.32 Å². The molecule has 0 saturated heterocycles. The summed E-state index contributed by atoms with van der Waals surface area (Å²) in [5.74, 6) is 1.83. The lowest BCUT2D eigenvalue weighted by Crippen LogP contribution is -1.98. The normalized spacial score (nSPS) is 10.8. The lowest BCUT2D eigenvalue weighted by atomic mass is 10.3. The maximum atomic E-state index is 10.9. The highest BCUT2D eigenvalue weighted by Crippen LogP contribution is 2.30. The topological polar surface area (TPSA) is 69.0 Å². The lowest BCUT2D eigenvalue weighted by Gasteiger charge is -2.07. The van der Waals surface area contributed by atoms with Crippen molar-refractivity contribution in [3.63, 3.8) is 0 Å². The van der Waals surface area contributed by atoms with Crippen molar-refractivity contribution in [1.29, 1.82) is 0 Å². The maximum absolute atomic E-state index is 10.9. The van der Waals surface area contributed by atoms with Crippen LogP contribution in [0, 0.1) is 0 Å². The standard InChI is InChI=1S/C20H14BrClN4O2/c1-26-19-5-3-14(28-15-6-7-23-13(8-15)11-27)10-18(19)25-20(26)24-12-2-4-16(21)17(22)9-12/h2-11H,1H3,(H,24,25). The van der Waals surface area contributed by atoms with Crippen LogP contribution in [0.5, 0.6) is 11.5 Å². The van der Waals surface area contributed by atoms with Gasteiger partial charge in [0.15, 0.2) is 6.29 Å². The van der Waals surface area contributed by atoms with Gasteiger partial charge in [-0.15, -0.1) is 0 Å². The second-order valence-electron chi connectivity index (χ2n) is 6.04. The molecule has 2 aromatic carbocycles. The smallest absolute Gasteiger partial charge is 0.208 e. The van der Waals surface area contributed by atoms with E-state index in [1.807, 2.05) is 48.0 Å². The summed E-state index contributed by atoms with van der Waals surface area (Å²) in [4.78, 5) is 19.4. The van der Waals surface area contributed by atoms with Crippen LogP contribution in [0.25, 0.3) is 11.0 Å². The van der Waals surface area contributed by atoms with Gasteiger partial charge in [-0.3, -0.25) is 9.78 Å². The van der Waals surface area contributed by atoms with Gasteiger partial charge in [0.05, 0.1) is 16.1 Å². The molecular weight excluding hydrogens is 444 g/mol. The molecule has 0 amide bonds. The van der Waals surface area contributed by atoms with Crippen molar-refractivity contribution in [3.05, 3.63) is 69.9 Å². The number of carbonyl (C=O) groups excluding carboxylic acids is 1. The molecule has 0 unspecified atom stereocenters. The lowest BCUT2D eigenvalue weighted by molar-refractivity contribution is 0.111. The Morgan fingerprint density at radius 2 is 1.96 bits per heavy atom. The fourth-order valence-electron chi connectivity index (χ4n) is 2.75. The van der Waals surface area contributed by atoms with Crippen LogP contribution in [0.3, 0.4) is 0 Å². The molecule has 0 bridgehead atoms. The zero-order valence-electron chi connectivity index (χ0n) is 14.7. The molecule has 2 heterocycles. The molecule has 4 aromatic rings. The van der Waals surface area contributed by atoms with E-state index in [0.29, 0.717) is 34.5 Å². The molecule has 0 aliphatic heterocycles. The number of pyridine rings is 1. The zero-order valence-corrected chi connectivity index (χ0v) is 17.0. The van der Waals surface area contributed by atoms with Crippen molar-refractivity contribution < 1.29 is 9.53 Å². The number of hydrogen-bond donors (Lipinski definition) is 1. The number of nitrogens with one attached hydrogen (secondary N) is 1. The number of rotatable bonds is 5. The number of anilines is 2. The molecule has 0 aliphatic rings. The van der Waals surface area contributed by atoms with E-state index in [1.165, 1.54) is 6.20 Å². The second-order valence-corrected chi connectivity index (χ2v) is 7.30. The number of aromatic nitrogens is 3. The fourth-order valence-corrected chi connectivity index (χ4v) is 3.18. The minimum absolute atomic E-state index is 0.316. The molecule has 0 atom stereocenters. The summed E-state index contributed by atoms with van der Waals surface area (Å²) in [5.41, 5.74) is 2.87. The third kappa shape index (κ3) is 3.72. The van der Waals surface area contributed by atoms with Gasteiger partial charge in [-0.2, -0.15) is 0 Å². The van der Waals surface area contributed by atoms with Gasteiger partial charge in [-0.1, -0.05) is 11.6 Å². The van der Waals surface area contributed by atoms with Gasteiger partial charge >= 0.3 is 0 Å². The number of hydrogen-bond acceptors (Lipinski definition) is 5. The van der Waals surface area contributed by atoms with E-state index in [-0.39, 0.29) is 0 Å². The molecule has 0 saturated carbocycles. The molecule has 0 aliphatic carbocycles. The number of carbonyl (C=O) groups is 1. The summed E-state index contributed by atoms with van der Waals surface area (Å²) < 4.78 is 8.62. The third-order valence-corrected chi connectivity index (χ3v) is 5.37. The largest absolute Gasteiger partial charge is 0.457 e. The molecular formula is C20H14BrClN4O2. The van der Waals surface area contributed by atoms with E-state index < -0.39 is 0 Å². The predicted octanol–water partition coefficient (Wildman–Crippen LogP) is 5.73. The Morgan fingerprint density at radius 3 is 2.75 bits per heavy atom. The number of imidazole rings is 1. The van der Waals surface area contributed by atoms with Crippen LogP contribution >= 0.6 is 27.5 Å². The first-order valence-corrected chi connectivity index (χ1v) is 9.48. The predicted molar refractivity (Wildman–Crippen MR) is 113 cm³/mol. The summed E-state index contributed by atoms with van der Waals surface area (Å²) in [6.07, 6.45) is 2.21. The Labute approximate surface area is 174 Å². The van der Waals surface area contributed by atoms with Crippen molar-refractivity contribution in [2.24, 2.45) is 7.05 Å². The van der Waals surface area contributed by atoms with Gasteiger partial charge in [0.1, 0.15) is 17.2 Å². The van der Waals surface area contributed by atoms with Crippen LogP contribution < -0.4 is 10.1 Å². The SMILES string of the molecule is Cn1c(Nc2ccc(Br)c(Cl)c2)nc2cc(Oc3ccnc(C=O)c3)ccc21. The summed E-state index contributed by atoms with van der Waals surface area (Å²) in [5, 5.41) is 3.89. The first-order valence-electron chi connectivity index (χ1n) is 8.31. The van der Waals surface area contributed by atoms with Gasteiger partial charge in [0.25, 0.3) is 0 Å². The van der Waals surface area contributed by atoms with E-state index >= 15 is 0 Å². The van der Waals surface area contributed by atoms with Crippen molar-refractivity contribution in [1.82, 2.24) is 14.5 Å². The van der Waals surface area contributed by atoms with E-state index in [0.717, 1.165) is 21.2 Å². The van der Waals surface area contributed by atoms with E-state index in [1.54, 1.807) is 12.1 Å². The van der Waals surface area contributed by atoms with Gasteiger partial charge in [-0.05, 0) is 52.3 Å². The first kappa shape index (κ1) is 18.5. The fraction of sp³-hybridized carbons (Fsp3) is 0.0500. The molecule has 8 heteroatoms. The second kappa shape index (κ2) is 7.61. The van der Waals surface area contributed by atoms with Crippen molar-refractivity contribution in [3.8, 4) is 11.5 Å². The minimum atomic E-state index is 0.316. The highest BCUT2D eigenvalue weighted by Gasteiger charge is 2.10. The highest BCUT2D eigenvalue weighted by atomic mass is 79.9. The molecule has 28 heavy (non-hydrogen) atoms. The monoisotopic (exact) mass is 456 g/mol. The number of benzene rings is 2. The van der Waals surface area contributed by atoms with E-state index in [4.69, 9.17) is 16.3 Å². The van der Waals surface area contributed by atoms with Crippen LogP contribution in [0.4, 0.5) is 11.6 Å². The molecule has 140 valence electrons. The Morgan fingerprint density at radius 1 is 1.14 bits per heavy atom. The molecule has 4 rings (SSSR count). The van der Waals surface area contributed by atoms with E-state index in [9.17, 15) is 4.79 Å². The third-order valence-electron chi connectivity index (χ3n) is 4.14. The van der Waals surface area contributed by atoms with Gasteiger partial charge in [0, 0.05) is 35.5 Å². The van der Waals surface area contributed by atoms with Gasteiger partial charge in [0.2, 0.25) is 5.95 Å². The number of nitrogens with zero attached hydrogens (tertiary/aromatic N) is 3. The Kier molecular flexibility index (Phi) is 5.02. The maximum Gasteiger partial charge on any atom is 0.208 e. The Hall–Kier alpha value is -2.90. The minimum Gasteiger partial charge on any atom is -0.457 e. The van der Waals surface area contributed by atoms with Crippen LogP contribution in [0.2, 0.25) is 5.02 Å². The molecule has 1 N–H and O–H groups in total. The highest BCUT2D eigenvalue weighted by molar-refractivity contribution is 9.10. The Balaban J connectivity index is 1.63. The van der Waals surface area contributed by atoms with Crippen molar-refractivity contribution >= 4 is 56.5 Å². The van der Waals surface area contributed by atoms with Crippen LogP contribution in [0.15, 0.2) is 59.2 Å². The van der Waals surface area contributed by atoms with Crippen LogP contribution in [-0.2, 0) is 7.05 Å². The average molecular weight is 458 g/mol. The average Bonchev–Trinajstić information content (AvgIpc) is 3.00. The molecule has 6 nitrogen and oxygen atoms in total. The van der Waals surface area contributed by atoms with Crippen LogP contribution in [-0.4, -0.2) is 20.8 Å².